The molecule has 0 aliphatic carbocycles. The number of rotatable bonds is 6. The first-order chi connectivity index (χ1) is 15.5. The minimum absolute atomic E-state index is 0.141. The van der Waals surface area contributed by atoms with Crippen LogP contribution < -0.4 is 10.1 Å². The molecule has 1 aliphatic heterocycles. The maximum Gasteiger partial charge on any atom is 0.335 e. The number of anilines is 1. The van der Waals surface area contributed by atoms with E-state index >= 15 is 0 Å². The molecular weight excluding hydrogens is 410 g/mol. The Labute approximate surface area is 184 Å². The smallest absolute Gasteiger partial charge is 0.335 e. The Hall–Kier alpha value is -4.20. The van der Waals surface area contributed by atoms with E-state index in [2.05, 4.69) is 10.3 Å². The summed E-state index contributed by atoms with van der Waals surface area (Å²) >= 11 is 0. The van der Waals surface area contributed by atoms with E-state index in [-0.39, 0.29) is 30.3 Å². The predicted octanol–water partition coefficient (Wildman–Crippen LogP) is 2.99. The zero-order chi connectivity index (χ0) is 22.7. The van der Waals surface area contributed by atoms with Crippen LogP contribution >= 0.6 is 0 Å². The van der Waals surface area contributed by atoms with Crippen LogP contribution in [0, 0.1) is 0 Å². The minimum atomic E-state index is -1.03. The Morgan fingerprint density at radius 2 is 1.91 bits per heavy atom. The Morgan fingerprint density at radius 1 is 1.12 bits per heavy atom. The highest BCUT2D eigenvalue weighted by Gasteiger charge is 2.35. The summed E-state index contributed by atoms with van der Waals surface area (Å²) in [6.07, 6.45) is 3.59. The number of carboxylic acids is 1. The lowest BCUT2D eigenvalue weighted by Crippen LogP contribution is -2.46. The van der Waals surface area contributed by atoms with E-state index in [0.29, 0.717) is 22.6 Å². The second-order valence-electron chi connectivity index (χ2n) is 7.42. The molecule has 162 valence electrons. The highest BCUT2D eigenvalue weighted by Crippen LogP contribution is 2.29. The molecule has 8 heteroatoms. The fourth-order valence-corrected chi connectivity index (χ4v) is 3.67. The fourth-order valence-electron chi connectivity index (χ4n) is 3.67. The van der Waals surface area contributed by atoms with Crippen molar-refractivity contribution in [2.45, 2.75) is 19.0 Å². The van der Waals surface area contributed by atoms with E-state index in [1.165, 1.54) is 24.1 Å². The van der Waals surface area contributed by atoms with Crippen molar-refractivity contribution in [1.82, 2.24) is 9.88 Å². The van der Waals surface area contributed by atoms with Crippen LogP contribution in [0.25, 0.3) is 0 Å². The lowest BCUT2D eigenvalue weighted by atomic mass is 10.0. The van der Waals surface area contributed by atoms with Gasteiger partial charge in [0.1, 0.15) is 11.8 Å². The van der Waals surface area contributed by atoms with Crippen LogP contribution in [0.15, 0.2) is 67.0 Å². The van der Waals surface area contributed by atoms with Crippen LogP contribution in [0.3, 0.4) is 0 Å². The number of fused-ring (bicyclic) bond motifs is 1. The number of ether oxygens (including phenoxy) is 1. The molecule has 8 nitrogen and oxygen atoms in total. The van der Waals surface area contributed by atoms with Crippen LogP contribution in [0.2, 0.25) is 0 Å². The third kappa shape index (κ3) is 4.29. The molecule has 1 aromatic heterocycles. The van der Waals surface area contributed by atoms with Gasteiger partial charge < -0.3 is 20.1 Å². The Balaban J connectivity index is 1.73. The summed E-state index contributed by atoms with van der Waals surface area (Å²) in [5.74, 6) is -1.13. The lowest BCUT2D eigenvalue weighted by molar-refractivity contribution is -0.120. The van der Waals surface area contributed by atoms with Crippen LogP contribution in [0.4, 0.5) is 5.69 Å². The second-order valence-corrected chi connectivity index (χ2v) is 7.42. The number of hydrogen-bond acceptors (Lipinski definition) is 5. The number of methoxy groups -OCH3 is 1. The maximum atomic E-state index is 13.5. The van der Waals surface area contributed by atoms with Gasteiger partial charge in [-0.2, -0.15) is 0 Å². The van der Waals surface area contributed by atoms with Crippen molar-refractivity contribution in [3.05, 3.63) is 89.2 Å². The predicted molar refractivity (Wildman–Crippen MR) is 117 cm³/mol. The van der Waals surface area contributed by atoms with Crippen molar-refractivity contribution in [2.24, 2.45) is 0 Å². The lowest BCUT2D eigenvalue weighted by Gasteiger charge is -2.29. The molecule has 0 saturated heterocycles. The standard InChI is InChI=1S/C24H21N3O5/c1-32-18-8-9-19-20(12-18)26-22(28)21(11-16-3-2-10-25-13-16)27(23(19)29)14-15-4-6-17(7-5-15)24(30)31/h2-10,12-13,21H,11,14H2,1H3,(H,26,28)(H,30,31). The van der Waals surface area contributed by atoms with Gasteiger partial charge >= 0.3 is 5.97 Å². The van der Waals surface area contributed by atoms with Crippen molar-refractivity contribution in [3.8, 4) is 5.75 Å². The van der Waals surface area contributed by atoms with Gasteiger partial charge in [-0.1, -0.05) is 18.2 Å². The zero-order valence-corrected chi connectivity index (χ0v) is 17.3. The van der Waals surface area contributed by atoms with E-state index in [1.54, 1.807) is 48.8 Å². The first-order valence-corrected chi connectivity index (χ1v) is 9.97. The normalized spacial score (nSPS) is 15.5. The molecule has 2 amide bonds. The van der Waals surface area contributed by atoms with E-state index < -0.39 is 12.0 Å². The number of hydrogen-bond donors (Lipinski definition) is 2. The molecule has 2 aromatic carbocycles. The molecule has 0 spiro atoms. The molecule has 0 saturated carbocycles. The number of pyridine rings is 1. The van der Waals surface area contributed by atoms with Crippen molar-refractivity contribution in [2.75, 3.05) is 12.4 Å². The SMILES string of the molecule is COc1ccc2c(c1)NC(=O)C(Cc1cccnc1)N(Cc1ccc(C(=O)O)cc1)C2=O. The molecule has 0 fully saturated rings. The topological polar surface area (TPSA) is 109 Å². The van der Waals surface area contributed by atoms with Crippen molar-refractivity contribution < 1.29 is 24.2 Å². The van der Waals surface area contributed by atoms with Gasteiger partial charge in [0.25, 0.3) is 5.91 Å². The summed E-state index contributed by atoms with van der Waals surface area (Å²) in [6, 6.07) is 14.0. The number of aromatic nitrogens is 1. The Kier molecular flexibility index (Phi) is 5.85. The van der Waals surface area contributed by atoms with Crippen LogP contribution in [-0.4, -0.2) is 45.9 Å². The highest BCUT2D eigenvalue weighted by atomic mass is 16.5. The van der Waals surface area contributed by atoms with Gasteiger partial charge in [-0.3, -0.25) is 14.6 Å². The summed E-state index contributed by atoms with van der Waals surface area (Å²) in [7, 11) is 1.51. The number of aromatic carboxylic acids is 1. The van der Waals surface area contributed by atoms with E-state index in [0.717, 1.165) is 5.56 Å². The van der Waals surface area contributed by atoms with Crippen LogP contribution in [0.1, 0.15) is 31.8 Å². The van der Waals surface area contributed by atoms with Crippen LogP contribution in [0.5, 0.6) is 5.75 Å². The molecule has 2 heterocycles. The number of benzene rings is 2. The molecular formula is C24H21N3O5. The molecule has 0 bridgehead atoms. The summed E-state index contributed by atoms with van der Waals surface area (Å²) in [5.41, 5.74) is 2.42. The molecule has 32 heavy (non-hydrogen) atoms. The van der Waals surface area contributed by atoms with E-state index in [4.69, 9.17) is 9.84 Å². The van der Waals surface area contributed by atoms with Gasteiger partial charge in [-0.25, -0.2) is 4.79 Å². The number of carbonyl (C=O) groups excluding carboxylic acids is 2. The number of amides is 2. The summed E-state index contributed by atoms with van der Waals surface area (Å²) in [5, 5.41) is 12.0. The summed E-state index contributed by atoms with van der Waals surface area (Å²) in [4.78, 5) is 43.5. The van der Waals surface area contributed by atoms with Crippen molar-refractivity contribution >= 4 is 23.5 Å². The molecule has 4 rings (SSSR count). The molecule has 0 radical (unpaired) electrons. The molecule has 1 aliphatic rings. The third-order valence-corrected chi connectivity index (χ3v) is 5.36. The molecule has 1 unspecified atom stereocenters. The monoisotopic (exact) mass is 431 g/mol. The largest absolute Gasteiger partial charge is 0.497 e. The van der Waals surface area contributed by atoms with Gasteiger partial charge in [0, 0.05) is 31.4 Å². The van der Waals surface area contributed by atoms with Crippen LogP contribution in [-0.2, 0) is 17.8 Å². The first-order valence-electron chi connectivity index (χ1n) is 9.97. The Morgan fingerprint density at radius 3 is 2.56 bits per heavy atom. The van der Waals surface area contributed by atoms with Gasteiger partial charge in [0.2, 0.25) is 5.91 Å². The number of nitrogens with zero attached hydrogens (tertiary/aromatic N) is 2. The zero-order valence-electron chi connectivity index (χ0n) is 17.3. The molecule has 1 atom stereocenters. The Bertz CT molecular complexity index is 1160. The van der Waals surface area contributed by atoms with E-state index in [1.807, 2.05) is 6.07 Å². The number of nitrogens with one attached hydrogen (secondary N) is 1. The maximum absolute atomic E-state index is 13.5. The van der Waals surface area contributed by atoms with Gasteiger partial charge in [0.15, 0.2) is 0 Å². The number of carbonyl (C=O) groups is 3. The fraction of sp³-hybridized carbons (Fsp3) is 0.167. The average Bonchev–Trinajstić information content (AvgIpc) is 2.90. The second kappa shape index (κ2) is 8.89. The minimum Gasteiger partial charge on any atom is -0.497 e. The average molecular weight is 431 g/mol. The quantitative estimate of drug-likeness (QED) is 0.621. The summed E-state index contributed by atoms with van der Waals surface area (Å²) < 4.78 is 5.23. The molecule has 3 aromatic rings. The van der Waals surface area contributed by atoms with Gasteiger partial charge in [-0.05, 0) is 41.5 Å². The number of carboxylic acid groups (broad SMARTS) is 1. The first kappa shape index (κ1) is 21.0. The van der Waals surface area contributed by atoms with Crippen molar-refractivity contribution in [3.63, 3.8) is 0 Å². The van der Waals surface area contributed by atoms with E-state index in [9.17, 15) is 14.4 Å². The third-order valence-electron chi connectivity index (χ3n) is 5.36. The van der Waals surface area contributed by atoms with Gasteiger partial charge in [0.05, 0.1) is 23.9 Å². The van der Waals surface area contributed by atoms with Crippen molar-refractivity contribution in [1.29, 1.82) is 0 Å². The molecule has 2 N–H and O–H groups in total. The summed E-state index contributed by atoms with van der Waals surface area (Å²) in [6.45, 7) is 0.141. The highest BCUT2D eigenvalue weighted by molar-refractivity contribution is 6.10. The van der Waals surface area contributed by atoms with Gasteiger partial charge in [-0.15, -0.1) is 0 Å².